The van der Waals surface area contributed by atoms with Gasteiger partial charge in [-0.2, -0.15) is 0 Å². The zero-order valence-electron chi connectivity index (χ0n) is 10.9. The lowest BCUT2D eigenvalue weighted by atomic mass is 9.96. The van der Waals surface area contributed by atoms with E-state index in [1.165, 1.54) is 5.56 Å². The van der Waals surface area contributed by atoms with Crippen LogP contribution in [0.5, 0.6) is 0 Å². The summed E-state index contributed by atoms with van der Waals surface area (Å²) in [5.41, 5.74) is 4.32. The molecule has 1 aromatic heterocycles. The van der Waals surface area contributed by atoms with Gasteiger partial charge in [-0.1, -0.05) is 37.3 Å². The highest BCUT2D eigenvalue weighted by Crippen LogP contribution is 2.22. The summed E-state index contributed by atoms with van der Waals surface area (Å²) in [6.45, 7) is 4.14. The Kier molecular flexibility index (Phi) is 4.11. The van der Waals surface area contributed by atoms with Gasteiger partial charge in [-0.25, -0.2) is 0 Å². The lowest BCUT2D eigenvalue weighted by Crippen LogP contribution is -2.07. The van der Waals surface area contributed by atoms with E-state index in [0.29, 0.717) is 6.42 Å². The number of aliphatic hydroxyl groups excluding tert-OH is 1. The van der Waals surface area contributed by atoms with Crippen LogP contribution in [0.25, 0.3) is 0 Å². The monoisotopic (exact) mass is 241 g/mol. The second-order valence-electron chi connectivity index (χ2n) is 4.54. The van der Waals surface area contributed by atoms with Gasteiger partial charge in [0.25, 0.3) is 0 Å². The lowest BCUT2D eigenvalue weighted by Gasteiger charge is -2.15. The van der Waals surface area contributed by atoms with Crippen LogP contribution in [0.3, 0.4) is 0 Å². The first kappa shape index (κ1) is 12.8. The number of aryl methyl sites for hydroxylation is 2. The third-order valence-electron chi connectivity index (χ3n) is 3.30. The van der Waals surface area contributed by atoms with Crippen molar-refractivity contribution < 1.29 is 5.11 Å². The minimum Gasteiger partial charge on any atom is -0.388 e. The maximum Gasteiger partial charge on any atom is 0.0848 e. The second kappa shape index (κ2) is 5.78. The number of pyridine rings is 1. The van der Waals surface area contributed by atoms with Crippen LogP contribution in [0.1, 0.15) is 35.4 Å². The highest BCUT2D eigenvalue weighted by molar-refractivity contribution is 5.30. The smallest absolute Gasteiger partial charge is 0.0848 e. The molecule has 0 aliphatic rings. The maximum atomic E-state index is 10.4. The molecule has 94 valence electrons. The first-order valence-electron chi connectivity index (χ1n) is 6.38. The molecule has 0 radical (unpaired) electrons. The molecule has 18 heavy (non-hydrogen) atoms. The molecule has 0 fully saturated rings. The van der Waals surface area contributed by atoms with Gasteiger partial charge in [0.2, 0.25) is 0 Å². The predicted molar refractivity (Wildman–Crippen MR) is 73.5 cm³/mol. The van der Waals surface area contributed by atoms with E-state index in [9.17, 15) is 5.11 Å². The van der Waals surface area contributed by atoms with Crippen molar-refractivity contribution in [1.82, 2.24) is 4.98 Å². The summed E-state index contributed by atoms with van der Waals surface area (Å²) < 4.78 is 0. The van der Waals surface area contributed by atoms with Gasteiger partial charge < -0.3 is 5.11 Å². The quantitative estimate of drug-likeness (QED) is 0.891. The van der Waals surface area contributed by atoms with E-state index in [1.54, 1.807) is 6.20 Å². The van der Waals surface area contributed by atoms with E-state index >= 15 is 0 Å². The van der Waals surface area contributed by atoms with Gasteiger partial charge in [-0.3, -0.25) is 4.98 Å². The molecule has 2 nitrogen and oxygen atoms in total. The summed E-state index contributed by atoms with van der Waals surface area (Å²) in [5, 5.41) is 10.4. The molecule has 1 atom stereocenters. The fourth-order valence-corrected chi connectivity index (χ4v) is 2.21. The van der Waals surface area contributed by atoms with Crippen molar-refractivity contribution >= 4 is 0 Å². The number of rotatable bonds is 4. The Morgan fingerprint density at radius 2 is 1.94 bits per heavy atom. The first-order chi connectivity index (χ1) is 8.72. The molecule has 0 saturated carbocycles. The summed E-state index contributed by atoms with van der Waals surface area (Å²) in [5.74, 6) is 0. The van der Waals surface area contributed by atoms with Gasteiger partial charge in [0, 0.05) is 18.3 Å². The SMILES string of the molecule is CCc1ccccc1C(O)Cc1ncccc1C. The van der Waals surface area contributed by atoms with Crippen LogP contribution >= 0.6 is 0 Å². The van der Waals surface area contributed by atoms with Crippen molar-refractivity contribution in [3.63, 3.8) is 0 Å². The van der Waals surface area contributed by atoms with Crippen molar-refractivity contribution in [3.8, 4) is 0 Å². The van der Waals surface area contributed by atoms with E-state index in [2.05, 4.69) is 18.0 Å². The van der Waals surface area contributed by atoms with E-state index in [0.717, 1.165) is 23.2 Å². The van der Waals surface area contributed by atoms with Crippen molar-refractivity contribution in [2.45, 2.75) is 32.8 Å². The molecule has 0 aliphatic heterocycles. The number of benzene rings is 1. The molecule has 0 amide bonds. The molecule has 2 aromatic rings. The molecule has 1 heterocycles. The zero-order valence-corrected chi connectivity index (χ0v) is 10.9. The standard InChI is InChI=1S/C16H19NO/c1-3-13-8-4-5-9-14(13)16(18)11-15-12(2)7-6-10-17-15/h4-10,16,18H,3,11H2,1-2H3. The molecule has 1 aromatic carbocycles. The van der Waals surface area contributed by atoms with E-state index < -0.39 is 6.10 Å². The minimum atomic E-state index is -0.477. The number of aromatic nitrogens is 1. The first-order valence-corrected chi connectivity index (χ1v) is 6.38. The van der Waals surface area contributed by atoms with Crippen LogP contribution < -0.4 is 0 Å². The molecule has 0 bridgehead atoms. The summed E-state index contributed by atoms with van der Waals surface area (Å²) in [6, 6.07) is 12.0. The Balaban J connectivity index is 2.22. The van der Waals surface area contributed by atoms with Crippen molar-refractivity contribution in [1.29, 1.82) is 0 Å². The lowest BCUT2D eigenvalue weighted by molar-refractivity contribution is 0.176. The average molecular weight is 241 g/mol. The minimum absolute atomic E-state index is 0.477. The van der Waals surface area contributed by atoms with Crippen LogP contribution in [-0.4, -0.2) is 10.1 Å². The summed E-state index contributed by atoms with van der Waals surface area (Å²) in [6.07, 6.45) is 2.81. The van der Waals surface area contributed by atoms with Crippen LogP contribution in [-0.2, 0) is 12.8 Å². The Morgan fingerprint density at radius 3 is 2.67 bits per heavy atom. The van der Waals surface area contributed by atoms with Crippen LogP contribution in [0, 0.1) is 6.92 Å². The summed E-state index contributed by atoms with van der Waals surface area (Å²) in [4.78, 5) is 4.34. The van der Waals surface area contributed by atoms with Gasteiger partial charge in [0.05, 0.1) is 6.10 Å². The fraction of sp³-hybridized carbons (Fsp3) is 0.312. The number of hydrogen-bond donors (Lipinski definition) is 1. The number of aliphatic hydroxyl groups is 1. The molecule has 0 aliphatic carbocycles. The normalized spacial score (nSPS) is 12.4. The topological polar surface area (TPSA) is 33.1 Å². The Hall–Kier alpha value is -1.67. The summed E-state index contributed by atoms with van der Waals surface area (Å²) in [7, 11) is 0. The van der Waals surface area contributed by atoms with Crippen LogP contribution in [0.15, 0.2) is 42.6 Å². The van der Waals surface area contributed by atoms with E-state index in [4.69, 9.17) is 0 Å². The zero-order chi connectivity index (χ0) is 13.0. The van der Waals surface area contributed by atoms with Gasteiger partial charge in [-0.15, -0.1) is 0 Å². The largest absolute Gasteiger partial charge is 0.388 e. The Labute approximate surface area is 108 Å². The molecular weight excluding hydrogens is 222 g/mol. The molecule has 0 spiro atoms. The molecule has 2 heteroatoms. The van der Waals surface area contributed by atoms with Crippen molar-refractivity contribution in [3.05, 3.63) is 65.0 Å². The molecule has 1 N–H and O–H groups in total. The van der Waals surface area contributed by atoms with E-state index in [1.807, 2.05) is 37.3 Å². The van der Waals surface area contributed by atoms with Crippen LogP contribution in [0.4, 0.5) is 0 Å². The van der Waals surface area contributed by atoms with Gasteiger partial charge >= 0.3 is 0 Å². The molecule has 1 unspecified atom stereocenters. The molecule has 2 rings (SSSR count). The van der Waals surface area contributed by atoms with E-state index in [-0.39, 0.29) is 0 Å². The number of hydrogen-bond acceptors (Lipinski definition) is 2. The maximum absolute atomic E-state index is 10.4. The predicted octanol–water partition coefficient (Wildman–Crippen LogP) is 3.23. The highest BCUT2D eigenvalue weighted by atomic mass is 16.3. The fourth-order valence-electron chi connectivity index (χ4n) is 2.21. The number of nitrogens with zero attached hydrogens (tertiary/aromatic N) is 1. The van der Waals surface area contributed by atoms with Gasteiger partial charge in [0.1, 0.15) is 0 Å². The molecular formula is C16H19NO. The highest BCUT2D eigenvalue weighted by Gasteiger charge is 2.13. The van der Waals surface area contributed by atoms with Gasteiger partial charge in [-0.05, 0) is 36.1 Å². The van der Waals surface area contributed by atoms with Crippen molar-refractivity contribution in [2.24, 2.45) is 0 Å². The third kappa shape index (κ3) is 2.77. The van der Waals surface area contributed by atoms with Crippen molar-refractivity contribution in [2.75, 3.05) is 0 Å². The molecule has 0 saturated heterocycles. The second-order valence-corrected chi connectivity index (χ2v) is 4.54. The Bertz CT molecular complexity index is 522. The van der Waals surface area contributed by atoms with Crippen LogP contribution in [0.2, 0.25) is 0 Å². The third-order valence-corrected chi connectivity index (χ3v) is 3.30. The van der Waals surface area contributed by atoms with Gasteiger partial charge in [0.15, 0.2) is 0 Å². The average Bonchev–Trinajstić information content (AvgIpc) is 2.41. The summed E-state index contributed by atoms with van der Waals surface area (Å²) >= 11 is 0. The Morgan fingerprint density at radius 1 is 1.17 bits per heavy atom.